The molecule has 4 nitrogen and oxygen atoms in total. The summed E-state index contributed by atoms with van der Waals surface area (Å²) in [6, 6.07) is 6.76. The molecule has 1 unspecified atom stereocenters. The highest BCUT2D eigenvalue weighted by Gasteiger charge is 2.32. The maximum atomic E-state index is 12.6. The average molecular weight is 261 g/mol. The van der Waals surface area contributed by atoms with E-state index in [0.717, 1.165) is 24.8 Å². The highest BCUT2D eigenvalue weighted by molar-refractivity contribution is 5.98. The van der Waals surface area contributed by atoms with Gasteiger partial charge >= 0.3 is 5.97 Å². The normalized spacial score (nSPS) is 19.2. The zero-order chi connectivity index (χ0) is 13.8. The van der Waals surface area contributed by atoms with E-state index in [0.29, 0.717) is 18.5 Å². The molecule has 1 aromatic carbocycles. The minimum atomic E-state index is -0.901. The molecule has 0 spiro atoms. The monoisotopic (exact) mass is 261 g/mol. The maximum Gasteiger partial charge on any atom is 0.326 e. The van der Waals surface area contributed by atoms with Crippen molar-refractivity contribution in [2.45, 2.75) is 38.6 Å². The molecule has 1 heterocycles. The summed E-state index contributed by atoms with van der Waals surface area (Å²) in [5.74, 6) is -1.05. The number of rotatable bonds is 3. The van der Waals surface area contributed by atoms with Gasteiger partial charge in [-0.05, 0) is 37.3 Å². The highest BCUT2D eigenvalue weighted by atomic mass is 16.4. The molecule has 4 heteroatoms. The van der Waals surface area contributed by atoms with E-state index in [4.69, 9.17) is 0 Å². The summed E-state index contributed by atoms with van der Waals surface area (Å²) >= 11 is 0. The highest BCUT2D eigenvalue weighted by Crippen LogP contribution is 2.21. The number of amides is 1. The van der Waals surface area contributed by atoms with E-state index < -0.39 is 12.0 Å². The van der Waals surface area contributed by atoms with Crippen LogP contribution in [0.2, 0.25) is 0 Å². The average Bonchev–Trinajstić information content (AvgIpc) is 2.46. The first kappa shape index (κ1) is 13.6. The molecule has 1 N–H and O–H groups in total. The van der Waals surface area contributed by atoms with Crippen LogP contribution in [0.3, 0.4) is 0 Å². The molecular weight excluding hydrogens is 242 g/mol. The standard InChI is InChI=1S/C15H19NO3/c1-2-11-7-3-4-8-12(11)14(17)16-10-6-5-9-13(16)15(18)19/h3-4,7-8,13H,2,5-6,9-10H2,1H3,(H,18,19). The Bertz CT molecular complexity index is 484. The zero-order valence-electron chi connectivity index (χ0n) is 11.1. The van der Waals surface area contributed by atoms with Crippen LogP contribution in [0.15, 0.2) is 24.3 Å². The Balaban J connectivity index is 2.29. The smallest absolute Gasteiger partial charge is 0.326 e. The van der Waals surface area contributed by atoms with E-state index in [-0.39, 0.29) is 5.91 Å². The first-order valence-electron chi connectivity index (χ1n) is 6.76. The van der Waals surface area contributed by atoms with Gasteiger partial charge in [0.1, 0.15) is 6.04 Å². The lowest BCUT2D eigenvalue weighted by molar-refractivity contribution is -0.143. The first-order valence-corrected chi connectivity index (χ1v) is 6.76. The molecule has 1 aromatic rings. The van der Waals surface area contributed by atoms with Gasteiger partial charge in [0.25, 0.3) is 5.91 Å². The van der Waals surface area contributed by atoms with Crippen LogP contribution in [0, 0.1) is 0 Å². The lowest BCUT2D eigenvalue weighted by Gasteiger charge is -2.33. The molecule has 0 radical (unpaired) electrons. The fourth-order valence-corrected chi connectivity index (χ4v) is 2.62. The van der Waals surface area contributed by atoms with Crippen LogP contribution in [0.4, 0.5) is 0 Å². The third kappa shape index (κ3) is 2.78. The van der Waals surface area contributed by atoms with E-state index in [1.165, 1.54) is 4.90 Å². The number of carbonyl (C=O) groups is 2. The summed E-state index contributed by atoms with van der Waals surface area (Å²) in [5.41, 5.74) is 1.61. The van der Waals surface area contributed by atoms with E-state index >= 15 is 0 Å². The molecule has 0 aromatic heterocycles. The first-order chi connectivity index (χ1) is 9.15. The van der Waals surface area contributed by atoms with E-state index in [2.05, 4.69) is 0 Å². The topological polar surface area (TPSA) is 57.6 Å². The second kappa shape index (κ2) is 5.87. The van der Waals surface area contributed by atoms with Crippen LogP contribution in [0.1, 0.15) is 42.1 Å². The van der Waals surface area contributed by atoms with Crippen molar-refractivity contribution < 1.29 is 14.7 Å². The summed E-state index contributed by atoms with van der Waals surface area (Å²) in [6.07, 6.45) is 3.07. The van der Waals surface area contributed by atoms with Crippen molar-refractivity contribution in [1.82, 2.24) is 4.90 Å². The lowest BCUT2D eigenvalue weighted by atomic mass is 9.98. The number of carboxylic acids is 1. The van der Waals surface area contributed by atoms with E-state index in [9.17, 15) is 14.7 Å². The fraction of sp³-hybridized carbons (Fsp3) is 0.467. The zero-order valence-corrected chi connectivity index (χ0v) is 11.1. The van der Waals surface area contributed by atoms with Gasteiger partial charge in [-0.2, -0.15) is 0 Å². The molecule has 2 rings (SSSR count). The third-order valence-electron chi connectivity index (χ3n) is 3.68. The number of likely N-dealkylation sites (tertiary alicyclic amines) is 1. The van der Waals surface area contributed by atoms with Crippen molar-refractivity contribution in [1.29, 1.82) is 0 Å². The second-order valence-electron chi connectivity index (χ2n) is 4.86. The third-order valence-corrected chi connectivity index (χ3v) is 3.68. The van der Waals surface area contributed by atoms with Gasteiger partial charge in [0.05, 0.1) is 0 Å². The molecule has 19 heavy (non-hydrogen) atoms. The Labute approximate surface area is 113 Å². The van der Waals surface area contributed by atoms with Crippen molar-refractivity contribution in [3.63, 3.8) is 0 Å². The molecule has 1 atom stereocenters. The Morgan fingerprint density at radius 2 is 2.05 bits per heavy atom. The summed E-state index contributed by atoms with van der Waals surface area (Å²) < 4.78 is 0. The number of benzene rings is 1. The van der Waals surface area contributed by atoms with Gasteiger partial charge < -0.3 is 10.0 Å². The number of carboxylic acid groups (broad SMARTS) is 1. The SMILES string of the molecule is CCc1ccccc1C(=O)N1CCCCC1C(=O)O. The van der Waals surface area contributed by atoms with Crippen molar-refractivity contribution in [3.05, 3.63) is 35.4 Å². The van der Waals surface area contributed by atoms with E-state index in [1.54, 1.807) is 6.07 Å². The molecule has 1 amide bonds. The number of aliphatic carboxylic acids is 1. The minimum absolute atomic E-state index is 0.149. The van der Waals surface area contributed by atoms with Gasteiger partial charge in [-0.15, -0.1) is 0 Å². The second-order valence-corrected chi connectivity index (χ2v) is 4.86. The number of carbonyl (C=O) groups excluding carboxylic acids is 1. The molecule has 0 saturated carbocycles. The van der Waals surface area contributed by atoms with Gasteiger partial charge in [-0.25, -0.2) is 4.79 Å². The largest absolute Gasteiger partial charge is 0.480 e. The quantitative estimate of drug-likeness (QED) is 0.908. The van der Waals surface area contributed by atoms with Crippen LogP contribution >= 0.6 is 0 Å². The van der Waals surface area contributed by atoms with Crippen molar-refractivity contribution in [2.75, 3.05) is 6.54 Å². The van der Waals surface area contributed by atoms with Gasteiger partial charge in [0, 0.05) is 12.1 Å². The van der Waals surface area contributed by atoms with Crippen LogP contribution in [-0.2, 0) is 11.2 Å². The number of nitrogens with zero attached hydrogens (tertiary/aromatic N) is 1. The minimum Gasteiger partial charge on any atom is -0.480 e. The van der Waals surface area contributed by atoms with Gasteiger partial charge in [0.15, 0.2) is 0 Å². The maximum absolute atomic E-state index is 12.6. The lowest BCUT2D eigenvalue weighted by Crippen LogP contribution is -2.48. The van der Waals surface area contributed by atoms with Crippen LogP contribution < -0.4 is 0 Å². The molecule has 0 aliphatic carbocycles. The molecule has 1 aliphatic rings. The Morgan fingerprint density at radius 1 is 1.32 bits per heavy atom. The predicted molar refractivity (Wildman–Crippen MR) is 72.1 cm³/mol. The predicted octanol–water partition coefficient (Wildman–Crippen LogP) is 2.33. The summed E-state index contributed by atoms with van der Waals surface area (Å²) in [5, 5.41) is 9.24. The molecule has 1 aliphatic heterocycles. The van der Waals surface area contributed by atoms with Crippen LogP contribution in [-0.4, -0.2) is 34.5 Å². The van der Waals surface area contributed by atoms with Crippen molar-refractivity contribution >= 4 is 11.9 Å². The van der Waals surface area contributed by atoms with Crippen molar-refractivity contribution in [3.8, 4) is 0 Å². The van der Waals surface area contributed by atoms with Crippen molar-refractivity contribution in [2.24, 2.45) is 0 Å². The fourth-order valence-electron chi connectivity index (χ4n) is 2.62. The summed E-state index contributed by atoms with van der Waals surface area (Å²) in [4.78, 5) is 25.3. The Hall–Kier alpha value is -1.84. The number of hydrogen-bond donors (Lipinski definition) is 1. The van der Waals surface area contributed by atoms with Gasteiger partial charge in [-0.1, -0.05) is 25.1 Å². The summed E-state index contributed by atoms with van der Waals surface area (Å²) in [6.45, 7) is 2.53. The van der Waals surface area contributed by atoms with E-state index in [1.807, 2.05) is 25.1 Å². The molecule has 102 valence electrons. The van der Waals surface area contributed by atoms with Gasteiger partial charge in [0.2, 0.25) is 0 Å². The molecule has 1 fully saturated rings. The number of aryl methyl sites for hydroxylation is 1. The Kier molecular flexibility index (Phi) is 4.20. The summed E-state index contributed by atoms with van der Waals surface area (Å²) in [7, 11) is 0. The Morgan fingerprint density at radius 3 is 2.74 bits per heavy atom. The van der Waals surface area contributed by atoms with Crippen LogP contribution in [0.5, 0.6) is 0 Å². The number of hydrogen-bond acceptors (Lipinski definition) is 2. The van der Waals surface area contributed by atoms with Gasteiger partial charge in [-0.3, -0.25) is 4.79 Å². The molecular formula is C15H19NO3. The molecule has 0 bridgehead atoms. The van der Waals surface area contributed by atoms with Crippen LogP contribution in [0.25, 0.3) is 0 Å². The molecule has 1 saturated heterocycles. The number of piperidine rings is 1.